The van der Waals surface area contributed by atoms with E-state index in [-0.39, 0.29) is 5.69 Å². The summed E-state index contributed by atoms with van der Waals surface area (Å²) in [4.78, 5) is 0. The predicted molar refractivity (Wildman–Crippen MR) is 116 cm³/mol. The smallest absolute Gasteiger partial charge is 0.416 e. The number of hydrogen-bond acceptors (Lipinski definition) is 4. The maximum absolute atomic E-state index is 12.8. The molecule has 0 saturated heterocycles. The van der Waals surface area contributed by atoms with E-state index in [4.69, 9.17) is 9.47 Å². The Bertz CT molecular complexity index is 1050. The summed E-state index contributed by atoms with van der Waals surface area (Å²) in [5.74, 6) is 1.17. The highest BCUT2D eigenvalue weighted by Crippen LogP contribution is 2.31. The normalized spacial score (nSPS) is 11.5. The van der Waals surface area contributed by atoms with Gasteiger partial charge in [0.2, 0.25) is 0 Å². The summed E-state index contributed by atoms with van der Waals surface area (Å²) in [6, 6.07) is 18.2. The van der Waals surface area contributed by atoms with Gasteiger partial charge in [-0.2, -0.15) is 18.3 Å². The average Bonchev–Trinajstić information content (AvgIpc) is 2.74. The van der Waals surface area contributed by atoms with Gasteiger partial charge in [-0.05, 0) is 66.9 Å². The van der Waals surface area contributed by atoms with Crippen molar-refractivity contribution >= 4 is 11.9 Å². The van der Waals surface area contributed by atoms with Crippen LogP contribution < -0.4 is 14.9 Å². The van der Waals surface area contributed by atoms with Crippen LogP contribution in [0.3, 0.4) is 0 Å². The molecule has 0 aliphatic rings. The molecule has 0 saturated carbocycles. The highest BCUT2D eigenvalue weighted by Gasteiger charge is 2.30. The molecule has 3 aromatic carbocycles. The molecule has 31 heavy (non-hydrogen) atoms. The zero-order valence-electron chi connectivity index (χ0n) is 17.2. The van der Waals surface area contributed by atoms with Gasteiger partial charge in [0.05, 0.1) is 24.1 Å². The van der Waals surface area contributed by atoms with Gasteiger partial charge in [-0.1, -0.05) is 30.3 Å². The van der Waals surface area contributed by atoms with Gasteiger partial charge in [-0.25, -0.2) is 0 Å². The number of alkyl halides is 3. The second-order valence-electron chi connectivity index (χ2n) is 6.80. The van der Waals surface area contributed by atoms with Crippen molar-refractivity contribution in [3.8, 4) is 11.5 Å². The quantitative estimate of drug-likeness (QED) is 0.332. The zero-order chi connectivity index (χ0) is 22.3. The zero-order valence-corrected chi connectivity index (χ0v) is 17.2. The Morgan fingerprint density at radius 2 is 1.74 bits per heavy atom. The molecule has 0 amide bonds. The summed E-state index contributed by atoms with van der Waals surface area (Å²) in [5.41, 5.74) is 5.07. The van der Waals surface area contributed by atoms with Crippen LogP contribution in [0.1, 0.15) is 29.2 Å². The van der Waals surface area contributed by atoms with Gasteiger partial charge < -0.3 is 9.47 Å². The maximum Gasteiger partial charge on any atom is 0.416 e. The van der Waals surface area contributed by atoms with Gasteiger partial charge in [0.25, 0.3) is 0 Å². The molecule has 162 valence electrons. The van der Waals surface area contributed by atoms with E-state index in [0.717, 1.165) is 23.3 Å². The van der Waals surface area contributed by atoms with Crippen molar-refractivity contribution in [3.05, 3.63) is 89.0 Å². The molecule has 0 unspecified atom stereocenters. The number of aryl methyl sites for hydroxylation is 1. The lowest BCUT2D eigenvalue weighted by molar-refractivity contribution is -0.137. The number of ether oxygens (including phenoxy) is 2. The Morgan fingerprint density at radius 3 is 2.48 bits per heavy atom. The Hall–Kier alpha value is -3.48. The van der Waals surface area contributed by atoms with E-state index in [1.807, 2.05) is 38.1 Å². The van der Waals surface area contributed by atoms with Crippen LogP contribution in [0, 0.1) is 6.92 Å². The van der Waals surface area contributed by atoms with Crippen LogP contribution in [-0.2, 0) is 12.8 Å². The third kappa shape index (κ3) is 6.25. The molecule has 0 aromatic heterocycles. The number of nitrogens with one attached hydrogen (secondary N) is 1. The molecule has 1 N–H and O–H groups in total. The molecule has 0 fully saturated rings. The van der Waals surface area contributed by atoms with Crippen LogP contribution in [0.15, 0.2) is 71.8 Å². The van der Waals surface area contributed by atoms with Crippen molar-refractivity contribution in [2.75, 3.05) is 12.0 Å². The van der Waals surface area contributed by atoms with Gasteiger partial charge >= 0.3 is 6.18 Å². The van der Waals surface area contributed by atoms with E-state index < -0.39 is 11.7 Å². The van der Waals surface area contributed by atoms with Crippen LogP contribution in [0.4, 0.5) is 18.9 Å². The fraction of sp³-hybridized carbons (Fsp3) is 0.208. The topological polar surface area (TPSA) is 42.8 Å². The highest BCUT2D eigenvalue weighted by molar-refractivity contribution is 5.81. The van der Waals surface area contributed by atoms with Crippen LogP contribution in [0.2, 0.25) is 0 Å². The Balaban J connectivity index is 1.69. The van der Waals surface area contributed by atoms with E-state index in [1.165, 1.54) is 18.3 Å². The number of rotatable bonds is 8. The lowest BCUT2D eigenvalue weighted by Crippen LogP contribution is -2.05. The molecule has 0 aliphatic carbocycles. The van der Waals surface area contributed by atoms with Gasteiger partial charge in [0.15, 0.2) is 11.5 Å². The van der Waals surface area contributed by atoms with E-state index in [0.29, 0.717) is 30.3 Å². The lowest BCUT2D eigenvalue weighted by atomic mass is 10.1. The Kier molecular flexibility index (Phi) is 7.18. The lowest BCUT2D eigenvalue weighted by Gasteiger charge is -2.13. The average molecular weight is 428 g/mol. The first-order chi connectivity index (χ1) is 14.9. The number of nitrogens with zero attached hydrogens (tertiary/aromatic N) is 1. The first kappa shape index (κ1) is 22.2. The SMILES string of the molecule is CCOc1cc(C=NNc2cccc(C(F)(F)F)c2)ccc1OCc1ccccc1C. The van der Waals surface area contributed by atoms with Crippen molar-refractivity contribution in [2.24, 2.45) is 5.10 Å². The molecule has 0 spiro atoms. The van der Waals surface area contributed by atoms with Crippen molar-refractivity contribution in [1.82, 2.24) is 0 Å². The molecule has 0 aliphatic heterocycles. The molecule has 0 radical (unpaired) electrons. The van der Waals surface area contributed by atoms with Crippen LogP contribution >= 0.6 is 0 Å². The first-order valence-corrected chi connectivity index (χ1v) is 9.77. The highest BCUT2D eigenvalue weighted by atomic mass is 19.4. The number of halogens is 3. The van der Waals surface area contributed by atoms with E-state index >= 15 is 0 Å². The molecule has 3 rings (SSSR count). The number of benzene rings is 3. The van der Waals surface area contributed by atoms with Crippen LogP contribution in [0.25, 0.3) is 0 Å². The second kappa shape index (κ2) is 10.0. The molecule has 4 nitrogen and oxygen atoms in total. The molecule has 3 aromatic rings. The minimum Gasteiger partial charge on any atom is -0.490 e. The van der Waals surface area contributed by atoms with Crippen molar-refractivity contribution in [1.29, 1.82) is 0 Å². The minimum absolute atomic E-state index is 0.245. The fourth-order valence-electron chi connectivity index (χ4n) is 2.87. The first-order valence-electron chi connectivity index (χ1n) is 9.77. The van der Waals surface area contributed by atoms with Gasteiger partial charge in [0, 0.05) is 0 Å². The summed E-state index contributed by atoms with van der Waals surface area (Å²) in [6.07, 6.45) is -2.89. The molecular formula is C24H23F3N2O2. The van der Waals surface area contributed by atoms with E-state index in [1.54, 1.807) is 18.2 Å². The number of hydrogen-bond donors (Lipinski definition) is 1. The number of hydrazone groups is 1. The predicted octanol–water partition coefficient (Wildman–Crippen LogP) is 6.44. The molecule has 7 heteroatoms. The summed E-state index contributed by atoms with van der Waals surface area (Å²) >= 11 is 0. The second-order valence-corrected chi connectivity index (χ2v) is 6.80. The van der Waals surface area contributed by atoms with Crippen LogP contribution in [0.5, 0.6) is 11.5 Å². The summed E-state index contributed by atoms with van der Waals surface area (Å²) < 4.78 is 50.1. The molecule has 0 atom stereocenters. The molecule has 0 bridgehead atoms. The van der Waals surface area contributed by atoms with Gasteiger partial charge in [-0.3, -0.25) is 5.43 Å². The van der Waals surface area contributed by atoms with E-state index in [9.17, 15) is 13.2 Å². The standard InChI is InChI=1S/C24H23F3N2O2/c1-3-30-23-13-18(11-12-22(23)31-16-19-8-5-4-7-17(19)2)15-28-29-21-10-6-9-20(14-21)24(25,26)27/h4-15,29H,3,16H2,1-2H3. The van der Waals surface area contributed by atoms with Crippen LogP contribution in [-0.4, -0.2) is 12.8 Å². The summed E-state index contributed by atoms with van der Waals surface area (Å²) in [7, 11) is 0. The van der Waals surface area contributed by atoms with Crippen molar-refractivity contribution in [2.45, 2.75) is 26.6 Å². The maximum atomic E-state index is 12.8. The third-order valence-corrected chi connectivity index (χ3v) is 4.51. The summed E-state index contributed by atoms with van der Waals surface area (Å²) in [5, 5.41) is 4.03. The largest absolute Gasteiger partial charge is 0.490 e. The monoisotopic (exact) mass is 428 g/mol. The van der Waals surface area contributed by atoms with Gasteiger partial charge in [-0.15, -0.1) is 0 Å². The molecule has 0 heterocycles. The number of anilines is 1. The third-order valence-electron chi connectivity index (χ3n) is 4.51. The summed E-state index contributed by atoms with van der Waals surface area (Å²) in [6.45, 7) is 4.78. The molecular weight excluding hydrogens is 405 g/mol. The fourth-order valence-corrected chi connectivity index (χ4v) is 2.87. The Morgan fingerprint density at radius 1 is 0.935 bits per heavy atom. The van der Waals surface area contributed by atoms with Crippen molar-refractivity contribution in [3.63, 3.8) is 0 Å². The van der Waals surface area contributed by atoms with Crippen molar-refractivity contribution < 1.29 is 22.6 Å². The van der Waals surface area contributed by atoms with E-state index in [2.05, 4.69) is 10.5 Å². The van der Waals surface area contributed by atoms with Gasteiger partial charge in [0.1, 0.15) is 6.61 Å². The Labute approximate surface area is 179 Å². The minimum atomic E-state index is -4.40.